The maximum atomic E-state index is 13.1. The molecule has 1 aliphatic rings. The van der Waals surface area contributed by atoms with Crippen molar-refractivity contribution in [2.24, 2.45) is 5.92 Å². The normalized spacial score (nSPS) is 13.2. The molecule has 1 amide bonds. The molecule has 0 spiro atoms. The van der Waals surface area contributed by atoms with E-state index in [2.05, 4.69) is 5.32 Å². The summed E-state index contributed by atoms with van der Waals surface area (Å²) in [5, 5.41) is 15.0. The Balaban J connectivity index is 1.13. The highest BCUT2D eigenvalue weighted by Crippen LogP contribution is 2.30. The predicted octanol–water partition coefficient (Wildman–Crippen LogP) is 6.34. The Morgan fingerprint density at radius 1 is 0.930 bits per heavy atom. The molecule has 1 aliphatic carbocycles. The van der Waals surface area contributed by atoms with Crippen LogP contribution in [0.1, 0.15) is 45.6 Å². The van der Waals surface area contributed by atoms with E-state index in [9.17, 15) is 19.5 Å². The van der Waals surface area contributed by atoms with Crippen molar-refractivity contribution < 1.29 is 24.2 Å². The third-order valence-electron chi connectivity index (χ3n) is 7.47. The number of nitrogens with one attached hydrogen (secondary N) is 1. The number of benzene rings is 3. The number of ether oxygens (including phenoxy) is 1. The van der Waals surface area contributed by atoms with Gasteiger partial charge < -0.3 is 20.1 Å². The largest absolute Gasteiger partial charge is 0.494 e. The Hall–Kier alpha value is -4.43. The molecule has 1 aromatic heterocycles. The van der Waals surface area contributed by atoms with E-state index in [1.54, 1.807) is 59.9 Å². The fourth-order valence-electron chi connectivity index (χ4n) is 4.95. The van der Waals surface area contributed by atoms with E-state index in [-0.39, 0.29) is 18.1 Å². The molecule has 43 heavy (non-hydrogen) atoms. The summed E-state index contributed by atoms with van der Waals surface area (Å²) in [5.74, 6) is 0.319. The first-order valence-corrected chi connectivity index (χ1v) is 15.5. The average molecular weight is 597 g/mol. The number of rotatable bonds is 16. The van der Waals surface area contributed by atoms with Crippen molar-refractivity contribution in [3.63, 3.8) is 0 Å². The molecule has 3 aromatic carbocycles. The lowest BCUT2D eigenvalue weighted by atomic mass is 10.00. The molecule has 0 bridgehead atoms. The first-order valence-electron chi connectivity index (χ1n) is 14.7. The van der Waals surface area contributed by atoms with Crippen LogP contribution in [0.15, 0.2) is 96.4 Å². The summed E-state index contributed by atoms with van der Waals surface area (Å²) in [6, 6.07) is 26.4. The SMILES string of the molecule is O=C(c1ccccc1)c1ccccc1N[C@@H](Cc1ccc(OCCCN(CC2CC2)C(=O)Cc2cccs2)cc1)C(=O)O. The summed E-state index contributed by atoms with van der Waals surface area (Å²) in [6.45, 7) is 1.97. The number of anilines is 1. The van der Waals surface area contributed by atoms with Crippen LogP contribution in [0.25, 0.3) is 0 Å². The summed E-state index contributed by atoms with van der Waals surface area (Å²) >= 11 is 1.61. The van der Waals surface area contributed by atoms with Gasteiger partial charge >= 0.3 is 5.97 Å². The van der Waals surface area contributed by atoms with Crippen LogP contribution < -0.4 is 10.1 Å². The molecule has 0 unspecified atom stereocenters. The molecular weight excluding hydrogens is 560 g/mol. The highest BCUT2D eigenvalue weighted by molar-refractivity contribution is 7.10. The van der Waals surface area contributed by atoms with Crippen molar-refractivity contribution in [3.8, 4) is 5.75 Å². The van der Waals surface area contributed by atoms with E-state index >= 15 is 0 Å². The number of carbonyl (C=O) groups is 3. The van der Waals surface area contributed by atoms with Gasteiger partial charge in [0, 0.05) is 41.2 Å². The lowest BCUT2D eigenvalue weighted by molar-refractivity contribution is -0.138. The smallest absolute Gasteiger partial charge is 0.326 e. The molecule has 1 atom stereocenters. The number of carboxylic acids is 1. The summed E-state index contributed by atoms with van der Waals surface area (Å²) < 4.78 is 5.94. The molecule has 8 heteroatoms. The Bertz CT molecular complexity index is 1500. The molecule has 2 N–H and O–H groups in total. The molecule has 1 saturated carbocycles. The molecule has 1 heterocycles. The second kappa shape index (κ2) is 14.6. The maximum absolute atomic E-state index is 13.1. The van der Waals surface area contributed by atoms with Crippen LogP contribution in [-0.2, 0) is 22.4 Å². The topological polar surface area (TPSA) is 95.9 Å². The average Bonchev–Trinajstić information content (AvgIpc) is 3.71. The van der Waals surface area contributed by atoms with Crippen molar-refractivity contribution in [2.45, 2.75) is 38.1 Å². The summed E-state index contributed by atoms with van der Waals surface area (Å²) in [7, 11) is 0. The second-order valence-electron chi connectivity index (χ2n) is 10.9. The molecule has 4 aromatic rings. The van der Waals surface area contributed by atoms with E-state index in [0.717, 1.165) is 23.4 Å². The lowest BCUT2D eigenvalue weighted by Crippen LogP contribution is -2.35. The zero-order chi connectivity index (χ0) is 30.0. The minimum absolute atomic E-state index is 0.170. The Morgan fingerprint density at radius 3 is 2.37 bits per heavy atom. The highest BCUT2D eigenvalue weighted by Gasteiger charge is 2.27. The van der Waals surface area contributed by atoms with E-state index < -0.39 is 12.0 Å². The number of ketones is 1. The van der Waals surface area contributed by atoms with Gasteiger partial charge in [-0.2, -0.15) is 0 Å². The van der Waals surface area contributed by atoms with Crippen LogP contribution in [0.4, 0.5) is 5.69 Å². The minimum Gasteiger partial charge on any atom is -0.494 e. The van der Waals surface area contributed by atoms with Gasteiger partial charge in [0.25, 0.3) is 0 Å². The van der Waals surface area contributed by atoms with Gasteiger partial charge in [0.2, 0.25) is 5.91 Å². The van der Waals surface area contributed by atoms with Gasteiger partial charge in [-0.1, -0.05) is 60.7 Å². The number of amides is 1. The molecule has 0 aliphatic heterocycles. The van der Waals surface area contributed by atoms with Crippen molar-refractivity contribution in [3.05, 3.63) is 118 Å². The van der Waals surface area contributed by atoms with Crippen molar-refractivity contribution >= 4 is 34.7 Å². The third-order valence-corrected chi connectivity index (χ3v) is 8.35. The van der Waals surface area contributed by atoms with Crippen molar-refractivity contribution in [2.75, 3.05) is 25.0 Å². The number of aliphatic carboxylic acids is 1. The first kappa shape index (κ1) is 30.0. The molecule has 1 fully saturated rings. The van der Waals surface area contributed by atoms with Crippen LogP contribution in [0, 0.1) is 5.92 Å². The summed E-state index contributed by atoms with van der Waals surface area (Å²) in [5.41, 5.74) is 2.27. The Morgan fingerprint density at radius 2 is 1.67 bits per heavy atom. The van der Waals surface area contributed by atoms with E-state index in [1.807, 2.05) is 52.7 Å². The van der Waals surface area contributed by atoms with E-state index in [4.69, 9.17) is 4.74 Å². The van der Waals surface area contributed by atoms with Crippen LogP contribution in [0.5, 0.6) is 5.75 Å². The molecule has 0 saturated heterocycles. The number of carboxylic acid groups (broad SMARTS) is 1. The van der Waals surface area contributed by atoms with Gasteiger partial charge in [0.05, 0.1) is 13.0 Å². The molecular formula is C35H36N2O5S. The fourth-order valence-corrected chi connectivity index (χ4v) is 5.64. The highest BCUT2D eigenvalue weighted by atomic mass is 32.1. The minimum atomic E-state index is -1.01. The van der Waals surface area contributed by atoms with Crippen LogP contribution in [0.3, 0.4) is 0 Å². The Labute approximate surface area is 256 Å². The van der Waals surface area contributed by atoms with Gasteiger partial charge in [-0.05, 0) is 66.5 Å². The lowest BCUT2D eigenvalue weighted by Gasteiger charge is -2.22. The van der Waals surface area contributed by atoms with E-state index in [0.29, 0.717) is 48.1 Å². The predicted molar refractivity (Wildman–Crippen MR) is 169 cm³/mol. The van der Waals surface area contributed by atoms with Gasteiger partial charge in [-0.15, -0.1) is 11.3 Å². The second-order valence-corrected chi connectivity index (χ2v) is 11.9. The standard InChI is InChI=1S/C35H36N2O5S/c38-33(23-29-10-6-21-43-29)37(24-26-13-14-26)19-7-20-42-28-17-15-25(16-18-28)22-32(35(40)41)36-31-12-5-4-11-30(31)34(39)27-8-2-1-3-9-27/h1-6,8-12,15-18,21,26,32,36H,7,13-14,19-20,22-24H2,(H,40,41)/t32-/m0/s1. The van der Waals surface area contributed by atoms with Crippen LogP contribution >= 0.6 is 11.3 Å². The maximum Gasteiger partial charge on any atom is 0.326 e. The van der Waals surface area contributed by atoms with Crippen molar-refractivity contribution in [1.29, 1.82) is 0 Å². The molecule has 222 valence electrons. The third kappa shape index (κ3) is 8.78. The summed E-state index contributed by atoms with van der Waals surface area (Å²) in [6.07, 6.45) is 3.81. The fraction of sp³-hybridized carbons (Fsp3) is 0.286. The Kier molecular flexibility index (Phi) is 10.2. The monoisotopic (exact) mass is 596 g/mol. The number of para-hydroxylation sites is 1. The zero-order valence-corrected chi connectivity index (χ0v) is 24.8. The van der Waals surface area contributed by atoms with Crippen LogP contribution in [-0.4, -0.2) is 53.4 Å². The molecule has 0 radical (unpaired) electrons. The summed E-state index contributed by atoms with van der Waals surface area (Å²) in [4.78, 5) is 41.2. The van der Waals surface area contributed by atoms with Gasteiger partial charge in [0.15, 0.2) is 5.78 Å². The van der Waals surface area contributed by atoms with Gasteiger partial charge in [-0.25, -0.2) is 4.79 Å². The van der Waals surface area contributed by atoms with Gasteiger partial charge in [-0.3, -0.25) is 9.59 Å². The number of hydrogen-bond acceptors (Lipinski definition) is 6. The van der Waals surface area contributed by atoms with Crippen molar-refractivity contribution in [1.82, 2.24) is 4.90 Å². The van der Waals surface area contributed by atoms with Gasteiger partial charge in [0.1, 0.15) is 11.8 Å². The molecule has 5 rings (SSSR count). The quantitative estimate of drug-likeness (QED) is 0.116. The number of nitrogens with zero attached hydrogens (tertiary/aromatic N) is 1. The molecule has 7 nitrogen and oxygen atoms in total. The number of carbonyl (C=O) groups excluding carboxylic acids is 2. The first-order chi connectivity index (χ1) is 21.0. The number of thiophene rings is 1. The number of hydrogen-bond donors (Lipinski definition) is 2. The van der Waals surface area contributed by atoms with E-state index in [1.165, 1.54) is 12.8 Å². The van der Waals surface area contributed by atoms with Crippen LogP contribution in [0.2, 0.25) is 0 Å². The zero-order valence-electron chi connectivity index (χ0n) is 24.0.